The van der Waals surface area contributed by atoms with Crippen molar-refractivity contribution in [2.75, 3.05) is 0 Å². The summed E-state index contributed by atoms with van der Waals surface area (Å²) in [4.78, 5) is 19.8. The third kappa shape index (κ3) is 1.77. The summed E-state index contributed by atoms with van der Waals surface area (Å²) < 4.78 is 0.615. The van der Waals surface area contributed by atoms with Crippen LogP contribution < -0.4 is 4.84 Å². The Morgan fingerprint density at radius 3 is 2.60 bits per heavy atom. The largest absolute Gasteiger partial charge is 0.492 e. The van der Waals surface area contributed by atoms with Crippen LogP contribution in [0.2, 0.25) is 0 Å². The van der Waals surface area contributed by atoms with Crippen molar-refractivity contribution in [2.45, 2.75) is 0 Å². The minimum Gasteiger partial charge on any atom is -0.492 e. The first-order chi connectivity index (χ1) is 7.18. The molecule has 0 saturated heterocycles. The maximum atomic E-state index is 11.4. The van der Waals surface area contributed by atoms with Crippen molar-refractivity contribution in [2.24, 2.45) is 0 Å². The highest BCUT2D eigenvalue weighted by Crippen LogP contribution is 2.19. The molecule has 78 valence electrons. The van der Waals surface area contributed by atoms with Crippen LogP contribution in [0.15, 0.2) is 23.7 Å². The van der Waals surface area contributed by atoms with Crippen molar-refractivity contribution < 1.29 is 19.8 Å². The smallest absolute Gasteiger partial charge is 0.392 e. The molecule has 0 spiro atoms. The fourth-order valence-electron chi connectivity index (χ4n) is 0.942. The first-order valence-electron chi connectivity index (χ1n) is 3.90. The second-order valence-electron chi connectivity index (χ2n) is 2.56. The highest BCUT2D eigenvalue weighted by molar-refractivity contribution is 7.11. The minimum absolute atomic E-state index is 0.141. The topological polar surface area (TPSA) is 84.6 Å². The summed E-state index contributed by atoms with van der Waals surface area (Å²) in [5.74, 6) is -1.47. The number of hydrogen-bond donors (Lipinski definition) is 2. The molecule has 0 fully saturated rings. The predicted molar refractivity (Wildman–Crippen MR) is 50.8 cm³/mol. The van der Waals surface area contributed by atoms with Gasteiger partial charge in [-0.05, 0) is 0 Å². The van der Waals surface area contributed by atoms with Crippen LogP contribution in [0.1, 0.15) is 9.80 Å². The average molecular weight is 226 g/mol. The van der Waals surface area contributed by atoms with E-state index in [-0.39, 0.29) is 16.8 Å². The van der Waals surface area contributed by atoms with Gasteiger partial charge in [0, 0.05) is 23.7 Å². The second-order valence-corrected chi connectivity index (χ2v) is 3.45. The third-order valence-corrected chi connectivity index (χ3v) is 2.33. The van der Waals surface area contributed by atoms with Gasteiger partial charge in [0.2, 0.25) is 16.8 Å². The molecule has 0 unspecified atom stereocenters. The van der Waals surface area contributed by atoms with Gasteiger partial charge in [-0.3, -0.25) is 0 Å². The molecule has 2 rings (SSSR count). The fraction of sp³-hybridized carbons (Fsp3) is 0. The minimum atomic E-state index is -0.744. The molecule has 0 aromatic carbocycles. The van der Waals surface area contributed by atoms with Gasteiger partial charge in [-0.2, -0.15) is 0 Å². The number of carbonyl (C=O) groups excluding carboxylic acids is 1. The lowest BCUT2D eigenvalue weighted by Gasteiger charge is -2.04. The number of aromatic hydroxyl groups is 2. The van der Waals surface area contributed by atoms with Gasteiger partial charge < -0.3 is 15.1 Å². The molecule has 15 heavy (non-hydrogen) atoms. The quantitative estimate of drug-likeness (QED) is 0.784. The van der Waals surface area contributed by atoms with Gasteiger partial charge in [-0.25, -0.2) is 9.78 Å². The number of nitrogens with zero attached hydrogens (tertiary/aromatic N) is 2. The first-order valence-corrected chi connectivity index (χ1v) is 4.78. The molecule has 0 aliphatic carbocycles. The monoisotopic (exact) mass is 226 g/mol. The zero-order valence-electron chi connectivity index (χ0n) is 7.32. The van der Waals surface area contributed by atoms with Crippen LogP contribution in [0.25, 0.3) is 0 Å². The first kappa shape index (κ1) is 9.53. The van der Waals surface area contributed by atoms with E-state index >= 15 is 0 Å². The van der Waals surface area contributed by atoms with Crippen LogP contribution in [0, 0.1) is 0 Å². The van der Waals surface area contributed by atoms with Crippen LogP contribution in [0.5, 0.6) is 11.8 Å². The van der Waals surface area contributed by atoms with E-state index in [1.807, 2.05) is 0 Å². The van der Waals surface area contributed by atoms with Gasteiger partial charge in [0.05, 0.1) is 0 Å². The average Bonchev–Trinajstić information content (AvgIpc) is 2.82. The molecule has 0 saturated carbocycles. The molecular formula is C8H6N2O4S. The summed E-state index contributed by atoms with van der Waals surface area (Å²) in [5, 5.41) is 20.1. The Bertz CT molecular complexity index is 457. The van der Waals surface area contributed by atoms with Crippen LogP contribution in [-0.4, -0.2) is 25.9 Å². The third-order valence-electron chi connectivity index (χ3n) is 1.58. The molecule has 7 heteroatoms. The molecule has 0 bridgehead atoms. The fourth-order valence-corrected chi connectivity index (χ4v) is 1.45. The van der Waals surface area contributed by atoms with Crippen molar-refractivity contribution in [3.05, 3.63) is 28.7 Å². The van der Waals surface area contributed by atoms with Crippen LogP contribution in [-0.2, 0) is 0 Å². The normalized spacial score (nSPS) is 10.1. The Balaban J connectivity index is 2.20. The van der Waals surface area contributed by atoms with Gasteiger partial charge in [0.1, 0.15) is 0 Å². The van der Waals surface area contributed by atoms with E-state index in [9.17, 15) is 15.0 Å². The highest BCUT2D eigenvalue weighted by Gasteiger charge is 2.15. The van der Waals surface area contributed by atoms with Gasteiger partial charge >= 0.3 is 5.97 Å². The molecular weight excluding hydrogens is 220 g/mol. The van der Waals surface area contributed by atoms with Gasteiger partial charge in [0.15, 0.2) is 0 Å². The number of rotatable bonds is 2. The van der Waals surface area contributed by atoms with Crippen LogP contribution in [0.3, 0.4) is 0 Å². The lowest BCUT2D eigenvalue weighted by Crippen LogP contribution is -2.18. The van der Waals surface area contributed by atoms with E-state index in [1.165, 1.54) is 18.3 Å². The zero-order valence-corrected chi connectivity index (χ0v) is 8.14. The molecule has 6 nitrogen and oxygen atoms in total. The Labute approximate surface area is 88.0 Å². The number of aromatic nitrogens is 2. The van der Waals surface area contributed by atoms with Crippen molar-refractivity contribution in [1.29, 1.82) is 0 Å². The molecule has 0 aliphatic rings. The molecule has 0 aliphatic heterocycles. The van der Waals surface area contributed by atoms with Crippen LogP contribution in [0.4, 0.5) is 0 Å². The summed E-state index contributed by atoms with van der Waals surface area (Å²) >= 11 is 1.10. The lowest BCUT2D eigenvalue weighted by molar-refractivity contribution is 0.0381. The highest BCUT2D eigenvalue weighted by atomic mass is 32.1. The standard InChI is InChI=1S/C8H6N2O4S/c11-5-1-2-6(12)10(5)14-8(13)7-9-3-4-15-7/h1-4,11-12H. The van der Waals surface area contributed by atoms with Crippen molar-refractivity contribution >= 4 is 17.3 Å². The predicted octanol–water partition coefficient (Wildman–Crippen LogP) is 0.625. The van der Waals surface area contributed by atoms with Crippen molar-refractivity contribution in [1.82, 2.24) is 9.71 Å². The maximum absolute atomic E-state index is 11.4. The Morgan fingerprint density at radius 2 is 2.07 bits per heavy atom. The van der Waals surface area contributed by atoms with E-state index < -0.39 is 5.97 Å². The van der Waals surface area contributed by atoms with E-state index in [0.29, 0.717) is 4.73 Å². The molecule has 2 aromatic rings. The molecule has 2 N–H and O–H groups in total. The molecule has 0 amide bonds. The number of hydrogen-bond acceptors (Lipinski definition) is 6. The number of carbonyl (C=O) groups is 1. The van der Waals surface area contributed by atoms with Crippen molar-refractivity contribution in [3.8, 4) is 11.8 Å². The van der Waals surface area contributed by atoms with E-state index in [0.717, 1.165) is 11.3 Å². The molecule has 0 radical (unpaired) electrons. The lowest BCUT2D eigenvalue weighted by atomic mass is 10.6. The molecule has 0 atom stereocenters. The Kier molecular flexibility index (Phi) is 2.30. The molecule has 2 heterocycles. The summed E-state index contributed by atoms with van der Waals surface area (Å²) in [6.07, 6.45) is 1.45. The Hall–Kier alpha value is -2.02. The van der Waals surface area contributed by atoms with Gasteiger partial charge in [-0.15, -0.1) is 16.1 Å². The summed E-state index contributed by atoms with van der Waals surface area (Å²) in [6, 6.07) is 2.40. The number of thiazole rings is 1. The SMILES string of the molecule is O=C(On1c(O)ccc1O)c1nccs1. The van der Waals surface area contributed by atoms with Gasteiger partial charge in [0.25, 0.3) is 0 Å². The second kappa shape index (κ2) is 3.62. The summed E-state index contributed by atoms with van der Waals surface area (Å²) in [7, 11) is 0. The van der Waals surface area contributed by atoms with E-state index in [1.54, 1.807) is 5.38 Å². The summed E-state index contributed by atoms with van der Waals surface area (Å²) in [6.45, 7) is 0. The van der Waals surface area contributed by atoms with Crippen LogP contribution >= 0.6 is 11.3 Å². The van der Waals surface area contributed by atoms with Crippen molar-refractivity contribution in [3.63, 3.8) is 0 Å². The van der Waals surface area contributed by atoms with E-state index in [2.05, 4.69) is 9.82 Å². The zero-order chi connectivity index (χ0) is 10.8. The Morgan fingerprint density at radius 1 is 1.40 bits per heavy atom. The van der Waals surface area contributed by atoms with E-state index in [4.69, 9.17) is 0 Å². The summed E-state index contributed by atoms with van der Waals surface area (Å²) in [5.41, 5.74) is 0. The molecule has 2 aromatic heterocycles. The maximum Gasteiger partial charge on any atom is 0.392 e. The van der Waals surface area contributed by atoms with Gasteiger partial charge in [-0.1, -0.05) is 0 Å².